The van der Waals surface area contributed by atoms with Crippen LogP contribution in [0, 0.1) is 5.92 Å². The van der Waals surface area contributed by atoms with Crippen molar-refractivity contribution >= 4 is 11.6 Å². The number of ether oxygens (including phenoxy) is 2. The van der Waals surface area contributed by atoms with E-state index in [9.17, 15) is 4.79 Å². The minimum atomic E-state index is 0.0380. The highest BCUT2D eigenvalue weighted by molar-refractivity contribution is 5.95. The second kappa shape index (κ2) is 10.1. The maximum Gasteiger partial charge on any atom is 0.251 e. The predicted molar refractivity (Wildman–Crippen MR) is 123 cm³/mol. The van der Waals surface area contributed by atoms with Gasteiger partial charge in [0.05, 0.1) is 14.2 Å². The summed E-state index contributed by atoms with van der Waals surface area (Å²) < 4.78 is 10.8. The highest BCUT2D eigenvalue weighted by Crippen LogP contribution is 2.31. The Bertz CT molecular complexity index is 887. The molecule has 0 saturated carbocycles. The van der Waals surface area contributed by atoms with Crippen LogP contribution in [0.25, 0.3) is 0 Å². The van der Waals surface area contributed by atoms with Crippen LogP contribution >= 0.6 is 0 Å². The molecule has 0 aliphatic carbocycles. The van der Waals surface area contributed by atoms with E-state index in [2.05, 4.69) is 39.8 Å². The molecule has 1 fully saturated rings. The first-order chi connectivity index (χ1) is 15.2. The van der Waals surface area contributed by atoms with Crippen LogP contribution < -0.4 is 25.0 Å². The molecule has 2 aromatic carbocycles. The van der Waals surface area contributed by atoms with E-state index in [1.54, 1.807) is 14.2 Å². The van der Waals surface area contributed by atoms with Crippen molar-refractivity contribution < 1.29 is 14.3 Å². The molecule has 0 aromatic heterocycles. The van der Waals surface area contributed by atoms with Crippen molar-refractivity contribution in [1.82, 2.24) is 10.6 Å². The fourth-order valence-electron chi connectivity index (χ4n) is 4.58. The molecule has 31 heavy (non-hydrogen) atoms. The molecular weight excluding hydrogens is 390 g/mol. The molecule has 4 rings (SSSR count). The van der Waals surface area contributed by atoms with Gasteiger partial charge in [-0.15, -0.1) is 0 Å². The smallest absolute Gasteiger partial charge is 0.251 e. The third kappa shape index (κ3) is 5.31. The quantitative estimate of drug-likeness (QED) is 0.715. The molecule has 0 unspecified atom stereocenters. The highest BCUT2D eigenvalue weighted by atomic mass is 16.5. The lowest BCUT2D eigenvalue weighted by Gasteiger charge is -2.32. The first-order valence-corrected chi connectivity index (χ1v) is 11.2. The van der Waals surface area contributed by atoms with Gasteiger partial charge in [0.1, 0.15) is 11.5 Å². The lowest BCUT2D eigenvalue weighted by Crippen LogP contribution is -2.36. The van der Waals surface area contributed by atoms with E-state index in [-0.39, 0.29) is 5.91 Å². The van der Waals surface area contributed by atoms with Gasteiger partial charge in [0.15, 0.2) is 0 Å². The lowest BCUT2D eigenvalue weighted by atomic mass is 9.97. The molecule has 2 aromatic rings. The summed E-state index contributed by atoms with van der Waals surface area (Å²) in [7, 11) is 3.35. The average molecular weight is 424 g/mol. The van der Waals surface area contributed by atoms with Gasteiger partial charge >= 0.3 is 0 Å². The number of aryl methyl sites for hydroxylation is 1. The monoisotopic (exact) mass is 423 g/mol. The summed E-state index contributed by atoms with van der Waals surface area (Å²) in [6, 6.07) is 12.1. The Morgan fingerprint density at radius 1 is 1.10 bits per heavy atom. The molecule has 0 radical (unpaired) electrons. The van der Waals surface area contributed by atoms with Gasteiger partial charge in [0.2, 0.25) is 0 Å². The van der Waals surface area contributed by atoms with E-state index >= 15 is 0 Å². The van der Waals surface area contributed by atoms with E-state index in [1.165, 1.54) is 11.3 Å². The minimum Gasteiger partial charge on any atom is -0.497 e. The molecule has 0 spiro atoms. The van der Waals surface area contributed by atoms with E-state index < -0.39 is 0 Å². The lowest BCUT2D eigenvalue weighted by molar-refractivity contribution is 0.0944. The van der Waals surface area contributed by atoms with E-state index in [4.69, 9.17) is 9.47 Å². The maximum atomic E-state index is 12.7. The summed E-state index contributed by atoms with van der Waals surface area (Å²) in [5.41, 5.74) is 4.36. The third-order valence-corrected chi connectivity index (χ3v) is 6.35. The fourth-order valence-corrected chi connectivity index (χ4v) is 4.58. The van der Waals surface area contributed by atoms with E-state index in [0.29, 0.717) is 5.92 Å². The van der Waals surface area contributed by atoms with Crippen molar-refractivity contribution in [2.24, 2.45) is 5.92 Å². The number of amides is 1. The van der Waals surface area contributed by atoms with Gasteiger partial charge in [0.25, 0.3) is 5.91 Å². The predicted octanol–water partition coefficient (Wildman–Crippen LogP) is 3.39. The van der Waals surface area contributed by atoms with Crippen LogP contribution in [0.15, 0.2) is 36.4 Å². The van der Waals surface area contributed by atoms with Crippen LogP contribution in [0.3, 0.4) is 0 Å². The highest BCUT2D eigenvalue weighted by Gasteiger charge is 2.20. The Morgan fingerprint density at radius 3 is 2.55 bits per heavy atom. The number of fused-ring (bicyclic) bond motifs is 1. The number of piperidine rings is 1. The Labute approximate surface area is 184 Å². The summed E-state index contributed by atoms with van der Waals surface area (Å²) in [6.45, 7) is 4.64. The normalized spacial score (nSPS) is 16.5. The summed E-state index contributed by atoms with van der Waals surface area (Å²) in [6.07, 6.45) is 4.35. The van der Waals surface area contributed by atoms with Crippen molar-refractivity contribution in [2.75, 3.05) is 45.3 Å². The molecule has 2 aliphatic heterocycles. The summed E-state index contributed by atoms with van der Waals surface area (Å²) in [5.74, 6) is 2.22. The van der Waals surface area contributed by atoms with Crippen LogP contribution in [-0.4, -0.2) is 46.3 Å². The number of hydrogen-bond donors (Lipinski definition) is 2. The standard InChI is InChI=1S/C25H33N3O3/c1-30-22-12-19(13-23(15-22)31-2)17-28-11-3-4-20-14-21(5-6-24(20)28)25(29)27-16-18-7-9-26-10-8-18/h5-6,12-15,18,26H,3-4,7-11,16-17H2,1-2H3,(H,27,29). The van der Waals surface area contributed by atoms with E-state index in [1.807, 2.05) is 12.1 Å². The number of carbonyl (C=O) groups is 1. The number of nitrogens with zero attached hydrogens (tertiary/aromatic N) is 1. The average Bonchev–Trinajstić information content (AvgIpc) is 2.82. The summed E-state index contributed by atoms with van der Waals surface area (Å²) >= 11 is 0. The largest absolute Gasteiger partial charge is 0.497 e. The third-order valence-electron chi connectivity index (χ3n) is 6.35. The van der Waals surface area contributed by atoms with Crippen LogP contribution in [0.5, 0.6) is 11.5 Å². The molecular formula is C25H33N3O3. The number of rotatable bonds is 7. The first-order valence-electron chi connectivity index (χ1n) is 11.2. The second-order valence-electron chi connectivity index (χ2n) is 8.49. The van der Waals surface area contributed by atoms with Crippen LogP contribution in [0.2, 0.25) is 0 Å². The van der Waals surface area contributed by atoms with Crippen molar-refractivity contribution in [2.45, 2.75) is 32.2 Å². The zero-order chi connectivity index (χ0) is 21.6. The molecule has 2 N–H and O–H groups in total. The number of nitrogens with one attached hydrogen (secondary N) is 2. The van der Waals surface area contributed by atoms with Gasteiger partial charge in [-0.3, -0.25) is 4.79 Å². The van der Waals surface area contributed by atoms with E-state index in [0.717, 1.165) is 81.0 Å². The molecule has 0 bridgehead atoms. The molecule has 0 atom stereocenters. The molecule has 1 amide bonds. The van der Waals surface area contributed by atoms with Crippen molar-refractivity contribution in [3.05, 3.63) is 53.1 Å². The molecule has 2 heterocycles. The van der Waals surface area contributed by atoms with Gasteiger partial charge in [-0.1, -0.05) is 0 Å². The Kier molecular flexibility index (Phi) is 6.97. The van der Waals surface area contributed by atoms with Gasteiger partial charge in [-0.05, 0) is 86.1 Å². The van der Waals surface area contributed by atoms with Gasteiger partial charge < -0.3 is 25.0 Å². The van der Waals surface area contributed by atoms with Crippen LogP contribution in [0.4, 0.5) is 5.69 Å². The number of benzene rings is 2. The second-order valence-corrected chi connectivity index (χ2v) is 8.49. The Balaban J connectivity index is 1.45. The van der Waals surface area contributed by atoms with Crippen molar-refractivity contribution in [3.8, 4) is 11.5 Å². The van der Waals surface area contributed by atoms with Gasteiger partial charge in [-0.2, -0.15) is 0 Å². The van der Waals surface area contributed by atoms with Gasteiger partial charge in [0, 0.05) is 37.0 Å². The van der Waals surface area contributed by atoms with Crippen molar-refractivity contribution in [3.63, 3.8) is 0 Å². The molecule has 6 nitrogen and oxygen atoms in total. The zero-order valence-corrected chi connectivity index (χ0v) is 18.6. The Morgan fingerprint density at radius 2 is 1.84 bits per heavy atom. The molecule has 1 saturated heterocycles. The topological polar surface area (TPSA) is 62.8 Å². The SMILES string of the molecule is COc1cc(CN2CCCc3cc(C(=O)NCC4CCNCC4)ccc32)cc(OC)c1. The Hall–Kier alpha value is -2.73. The minimum absolute atomic E-state index is 0.0380. The van der Waals surface area contributed by atoms with Crippen LogP contribution in [0.1, 0.15) is 40.7 Å². The number of carbonyl (C=O) groups excluding carboxylic acids is 1. The summed E-state index contributed by atoms with van der Waals surface area (Å²) in [4.78, 5) is 15.1. The number of methoxy groups -OCH3 is 2. The molecule has 6 heteroatoms. The maximum absolute atomic E-state index is 12.7. The number of anilines is 1. The first kappa shape index (κ1) is 21.5. The molecule has 166 valence electrons. The zero-order valence-electron chi connectivity index (χ0n) is 18.6. The number of hydrogen-bond acceptors (Lipinski definition) is 5. The fraction of sp³-hybridized carbons (Fsp3) is 0.480. The van der Waals surface area contributed by atoms with Crippen LogP contribution in [-0.2, 0) is 13.0 Å². The summed E-state index contributed by atoms with van der Waals surface area (Å²) in [5, 5.41) is 6.51. The molecule has 2 aliphatic rings. The van der Waals surface area contributed by atoms with Gasteiger partial charge in [-0.25, -0.2) is 0 Å². The van der Waals surface area contributed by atoms with Crippen molar-refractivity contribution in [1.29, 1.82) is 0 Å².